The van der Waals surface area contributed by atoms with E-state index in [0.717, 1.165) is 0 Å². The maximum atomic E-state index is 11.9. The summed E-state index contributed by atoms with van der Waals surface area (Å²) in [5, 5.41) is 5.87. The van der Waals surface area contributed by atoms with Crippen LogP contribution in [0.25, 0.3) is 0 Å². The molecule has 1 aliphatic heterocycles. The van der Waals surface area contributed by atoms with Gasteiger partial charge in [0.25, 0.3) is 10.0 Å². The van der Waals surface area contributed by atoms with Gasteiger partial charge in [0.15, 0.2) is 0 Å². The van der Waals surface area contributed by atoms with Crippen molar-refractivity contribution in [1.82, 2.24) is 15.4 Å². The summed E-state index contributed by atoms with van der Waals surface area (Å²) >= 11 is 0. The Bertz CT molecular complexity index is 706. The molecular weight excluding hydrogens is 352 g/mol. The van der Waals surface area contributed by atoms with Gasteiger partial charge in [-0.15, -0.1) is 12.4 Å². The number of rotatable bonds is 7. The standard InChI is InChI=1S/C15H22N4O3S.ClH/c1-11(16-2)10-18-14(20)8-5-9-17-15-12-6-3-4-7-13(12)23(21,22)19-15;/h3-4,6-7,11,16H,5,8-10H2,1-2H3,(H,17,19)(H,18,20);1H. The van der Waals surface area contributed by atoms with Gasteiger partial charge in [-0.05, 0) is 32.5 Å². The van der Waals surface area contributed by atoms with Gasteiger partial charge in [-0.2, -0.15) is 0 Å². The second-order valence-electron chi connectivity index (χ2n) is 5.43. The maximum Gasteiger partial charge on any atom is 0.263 e. The molecule has 0 fully saturated rings. The lowest BCUT2D eigenvalue weighted by Crippen LogP contribution is -2.37. The van der Waals surface area contributed by atoms with E-state index in [0.29, 0.717) is 37.3 Å². The van der Waals surface area contributed by atoms with Crippen LogP contribution in [0.4, 0.5) is 0 Å². The molecule has 0 spiro atoms. The lowest BCUT2D eigenvalue weighted by molar-refractivity contribution is -0.121. The van der Waals surface area contributed by atoms with Crippen LogP contribution in [0.1, 0.15) is 25.3 Å². The van der Waals surface area contributed by atoms with E-state index in [4.69, 9.17) is 0 Å². The van der Waals surface area contributed by atoms with Gasteiger partial charge in [-0.1, -0.05) is 12.1 Å². The Hall–Kier alpha value is -1.64. The number of carbonyl (C=O) groups excluding carboxylic acids is 1. The van der Waals surface area contributed by atoms with Crippen molar-refractivity contribution in [2.24, 2.45) is 4.99 Å². The third-order valence-electron chi connectivity index (χ3n) is 3.59. The lowest BCUT2D eigenvalue weighted by Gasteiger charge is -2.10. The van der Waals surface area contributed by atoms with Gasteiger partial charge in [0.2, 0.25) is 5.91 Å². The molecule has 3 N–H and O–H groups in total. The molecule has 1 heterocycles. The number of fused-ring (bicyclic) bond motifs is 1. The molecule has 0 radical (unpaired) electrons. The number of nitrogens with one attached hydrogen (secondary N) is 3. The summed E-state index contributed by atoms with van der Waals surface area (Å²) in [6.45, 7) is 2.95. The largest absolute Gasteiger partial charge is 0.355 e. The average molecular weight is 375 g/mol. The van der Waals surface area contributed by atoms with Crippen molar-refractivity contribution in [3.8, 4) is 0 Å². The molecule has 1 aliphatic rings. The molecule has 1 amide bonds. The van der Waals surface area contributed by atoms with Crippen molar-refractivity contribution in [2.75, 3.05) is 20.1 Å². The number of hydrogen-bond acceptors (Lipinski definition) is 5. The van der Waals surface area contributed by atoms with Crippen LogP contribution < -0.4 is 15.4 Å². The zero-order chi connectivity index (χ0) is 16.9. The molecule has 9 heteroatoms. The molecule has 1 atom stereocenters. The third kappa shape index (κ3) is 5.19. The number of amides is 1. The van der Waals surface area contributed by atoms with Gasteiger partial charge >= 0.3 is 0 Å². The highest BCUT2D eigenvalue weighted by Crippen LogP contribution is 2.22. The molecule has 0 saturated carbocycles. The smallest absolute Gasteiger partial charge is 0.263 e. The van der Waals surface area contributed by atoms with Crippen molar-refractivity contribution < 1.29 is 13.2 Å². The number of aliphatic imine (C=N–C) groups is 1. The quantitative estimate of drug-likeness (QED) is 0.610. The fraction of sp³-hybridized carbons (Fsp3) is 0.467. The van der Waals surface area contributed by atoms with E-state index in [1.165, 1.54) is 0 Å². The molecule has 7 nitrogen and oxygen atoms in total. The Morgan fingerprint density at radius 3 is 2.75 bits per heavy atom. The van der Waals surface area contributed by atoms with Crippen molar-refractivity contribution >= 4 is 34.2 Å². The monoisotopic (exact) mass is 374 g/mol. The summed E-state index contributed by atoms with van der Waals surface area (Å²) in [6.07, 6.45) is 0.925. The number of likely N-dealkylation sites (N-methyl/N-ethyl adjacent to an activating group) is 1. The maximum absolute atomic E-state index is 11.9. The molecule has 1 aromatic rings. The molecule has 1 aromatic carbocycles. The summed E-state index contributed by atoms with van der Waals surface area (Å²) in [5.74, 6) is 0.324. The Kier molecular flexibility index (Phi) is 7.65. The van der Waals surface area contributed by atoms with Crippen LogP contribution >= 0.6 is 12.4 Å². The van der Waals surface area contributed by atoms with Crippen molar-refractivity contribution in [2.45, 2.75) is 30.7 Å². The first-order chi connectivity index (χ1) is 10.9. The Balaban J connectivity index is 0.00000288. The Morgan fingerprint density at radius 2 is 2.04 bits per heavy atom. The first kappa shape index (κ1) is 20.4. The van der Waals surface area contributed by atoms with Gasteiger partial charge in [0.05, 0.1) is 4.90 Å². The predicted octanol–water partition coefficient (Wildman–Crippen LogP) is 0.651. The lowest BCUT2D eigenvalue weighted by atomic mass is 10.2. The van der Waals surface area contributed by atoms with E-state index < -0.39 is 10.0 Å². The molecular formula is C15H23ClN4O3S. The molecule has 2 rings (SSSR count). The normalized spacial score (nSPS) is 17.5. The molecule has 24 heavy (non-hydrogen) atoms. The SMILES string of the molecule is CNC(C)CNC(=O)CCCN=C1NS(=O)(=O)c2ccccc21.Cl. The fourth-order valence-electron chi connectivity index (χ4n) is 2.14. The van der Waals surface area contributed by atoms with E-state index in [2.05, 4.69) is 20.3 Å². The van der Waals surface area contributed by atoms with Crippen LogP contribution in [0.2, 0.25) is 0 Å². The predicted molar refractivity (Wildman–Crippen MR) is 96.2 cm³/mol. The zero-order valence-electron chi connectivity index (χ0n) is 13.7. The van der Waals surface area contributed by atoms with E-state index in [1.54, 1.807) is 24.3 Å². The van der Waals surface area contributed by atoms with Crippen LogP contribution in [-0.2, 0) is 14.8 Å². The minimum absolute atomic E-state index is 0. The summed E-state index contributed by atoms with van der Waals surface area (Å²) in [5.41, 5.74) is 0.583. The topological polar surface area (TPSA) is 99.7 Å². The van der Waals surface area contributed by atoms with Crippen molar-refractivity contribution in [1.29, 1.82) is 0 Å². The average Bonchev–Trinajstić information content (AvgIpc) is 2.80. The van der Waals surface area contributed by atoms with Crippen LogP contribution in [0.5, 0.6) is 0 Å². The summed E-state index contributed by atoms with van der Waals surface area (Å²) < 4.78 is 26.3. The van der Waals surface area contributed by atoms with Gasteiger partial charge in [0.1, 0.15) is 5.84 Å². The zero-order valence-corrected chi connectivity index (χ0v) is 15.3. The van der Waals surface area contributed by atoms with Crippen LogP contribution in [-0.4, -0.2) is 46.3 Å². The van der Waals surface area contributed by atoms with E-state index in [1.807, 2.05) is 14.0 Å². The third-order valence-corrected chi connectivity index (χ3v) is 4.99. The minimum atomic E-state index is -3.50. The second kappa shape index (κ2) is 9.00. The minimum Gasteiger partial charge on any atom is -0.355 e. The number of amidine groups is 1. The van der Waals surface area contributed by atoms with Crippen molar-refractivity contribution in [3.05, 3.63) is 29.8 Å². The number of benzene rings is 1. The Labute approximate surface area is 148 Å². The first-order valence-corrected chi connectivity index (χ1v) is 9.03. The summed E-state index contributed by atoms with van der Waals surface area (Å²) in [7, 11) is -1.66. The second-order valence-corrected chi connectivity index (χ2v) is 7.08. The molecule has 0 saturated heterocycles. The number of sulfonamides is 1. The number of hydrogen-bond donors (Lipinski definition) is 3. The van der Waals surface area contributed by atoms with Gasteiger partial charge < -0.3 is 10.6 Å². The molecule has 0 aliphatic carbocycles. The molecule has 1 unspecified atom stereocenters. The summed E-state index contributed by atoms with van der Waals surface area (Å²) in [4.78, 5) is 16.2. The first-order valence-electron chi connectivity index (χ1n) is 7.54. The highest BCUT2D eigenvalue weighted by atomic mass is 35.5. The molecule has 0 bridgehead atoms. The molecule has 134 valence electrons. The fourth-order valence-corrected chi connectivity index (χ4v) is 3.39. The van der Waals surface area contributed by atoms with Crippen LogP contribution in [0.3, 0.4) is 0 Å². The summed E-state index contributed by atoms with van der Waals surface area (Å²) in [6, 6.07) is 6.95. The Morgan fingerprint density at radius 1 is 1.33 bits per heavy atom. The number of nitrogens with zero attached hydrogens (tertiary/aromatic N) is 1. The number of halogens is 1. The van der Waals surface area contributed by atoms with Crippen LogP contribution in [0, 0.1) is 0 Å². The molecule has 0 aromatic heterocycles. The van der Waals surface area contributed by atoms with E-state index >= 15 is 0 Å². The van der Waals surface area contributed by atoms with E-state index in [-0.39, 0.29) is 29.3 Å². The highest BCUT2D eigenvalue weighted by Gasteiger charge is 2.29. The van der Waals surface area contributed by atoms with Gasteiger partial charge in [0, 0.05) is 31.1 Å². The van der Waals surface area contributed by atoms with E-state index in [9.17, 15) is 13.2 Å². The van der Waals surface area contributed by atoms with Gasteiger partial charge in [-0.3, -0.25) is 14.5 Å². The van der Waals surface area contributed by atoms with Gasteiger partial charge in [-0.25, -0.2) is 8.42 Å². The van der Waals surface area contributed by atoms with Crippen molar-refractivity contribution in [3.63, 3.8) is 0 Å². The highest BCUT2D eigenvalue weighted by molar-refractivity contribution is 7.90. The van der Waals surface area contributed by atoms with Crippen LogP contribution in [0.15, 0.2) is 34.2 Å². The number of carbonyl (C=O) groups is 1.